The number of alkyl halides is 3. The molecule has 0 saturated carbocycles. The summed E-state index contributed by atoms with van der Waals surface area (Å²) in [4.78, 5) is 0. The van der Waals surface area contributed by atoms with Gasteiger partial charge in [0.05, 0.1) is 5.56 Å². The van der Waals surface area contributed by atoms with Crippen LogP contribution in [0.1, 0.15) is 5.56 Å². The standard InChI is InChI=1S/C9H7F3N4O2S2/c10-9(11,12)5-1-3-6(4-2-5)16-20(17,18)8-15-14-7(13)19-8/h1-4,16H,(H2,13,14). The van der Waals surface area contributed by atoms with Gasteiger partial charge in [0, 0.05) is 5.69 Å². The summed E-state index contributed by atoms with van der Waals surface area (Å²) < 4.78 is 62.4. The number of halogens is 3. The van der Waals surface area contributed by atoms with Gasteiger partial charge in [-0.3, -0.25) is 4.72 Å². The minimum atomic E-state index is -4.48. The van der Waals surface area contributed by atoms with Crippen molar-refractivity contribution >= 4 is 32.2 Å². The Kier molecular flexibility index (Phi) is 3.56. The van der Waals surface area contributed by atoms with Crippen LogP contribution >= 0.6 is 11.3 Å². The van der Waals surface area contributed by atoms with Crippen LogP contribution in [0.3, 0.4) is 0 Å². The number of nitrogens with zero attached hydrogens (tertiary/aromatic N) is 2. The number of aromatic nitrogens is 2. The van der Waals surface area contributed by atoms with Gasteiger partial charge in [0.2, 0.25) is 5.13 Å². The van der Waals surface area contributed by atoms with Crippen LogP contribution in [0.15, 0.2) is 28.6 Å². The van der Waals surface area contributed by atoms with Crippen LogP contribution in [0.2, 0.25) is 0 Å². The Morgan fingerprint density at radius 1 is 1.15 bits per heavy atom. The van der Waals surface area contributed by atoms with E-state index >= 15 is 0 Å². The molecule has 3 N–H and O–H groups in total. The fraction of sp³-hybridized carbons (Fsp3) is 0.111. The fourth-order valence-corrected chi connectivity index (χ4v) is 3.10. The Bertz CT molecular complexity index is 710. The van der Waals surface area contributed by atoms with Crippen molar-refractivity contribution in [2.45, 2.75) is 10.5 Å². The Hall–Kier alpha value is -1.88. The third-order valence-corrected chi connectivity index (χ3v) is 4.62. The van der Waals surface area contributed by atoms with Gasteiger partial charge in [-0.15, -0.1) is 10.2 Å². The van der Waals surface area contributed by atoms with E-state index in [-0.39, 0.29) is 15.2 Å². The molecule has 0 spiro atoms. The highest BCUT2D eigenvalue weighted by molar-refractivity contribution is 7.94. The summed E-state index contributed by atoms with van der Waals surface area (Å²) in [5.74, 6) is 0. The zero-order valence-electron chi connectivity index (χ0n) is 9.55. The first-order valence-electron chi connectivity index (χ1n) is 4.97. The lowest BCUT2D eigenvalue weighted by Crippen LogP contribution is -2.13. The molecule has 0 aliphatic rings. The molecule has 1 heterocycles. The van der Waals surface area contributed by atoms with Crippen molar-refractivity contribution in [2.75, 3.05) is 10.5 Å². The van der Waals surface area contributed by atoms with E-state index in [1.165, 1.54) is 0 Å². The molecule has 0 unspecified atom stereocenters. The van der Waals surface area contributed by atoms with Gasteiger partial charge >= 0.3 is 6.18 Å². The molecule has 2 aromatic rings. The first-order chi connectivity index (χ1) is 9.18. The zero-order valence-corrected chi connectivity index (χ0v) is 11.2. The normalized spacial score (nSPS) is 12.3. The highest BCUT2D eigenvalue weighted by Gasteiger charge is 2.30. The number of benzene rings is 1. The Morgan fingerprint density at radius 3 is 2.20 bits per heavy atom. The summed E-state index contributed by atoms with van der Waals surface area (Å²) in [7, 11) is -4.01. The second-order valence-corrected chi connectivity index (χ2v) is 6.45. The van der Waals surface area contributed by atoms with Crippen LogP contribution in [0, 0.1) is 0 Å². The molecule has 0 fully saturated rings. The molecule has 2 rings (SSSR count). The van der Waals surface area contributed by atoms with E-state index in [1.807, 2.05) is 0 Å². The molecule has 0 aliphatic carbocycles. The summed E-state index contributed by atoms with van der Waals surface area (Å²) in [6.45, 7) is 0. The fourth-order valence-electron chi connectivity index (χ4n) is 1.26. The number of nitrogens with one attached hydrogen (secondary N) is 1. The van der Waals surface area contributed by atoms with E-state index in [2.05, 4.69) is 14.9 Å². The molecule has 0 aliphatic heterocycles. The predicted molar refractivity (Wildman–Crippen MR) is 66.6 cm³/mol. The Morgan fingerprint density at radius 2 is 1.75 bits per heavy atom. The van der Waals surface area contributed by atoms with Gasteiger partial charge < -0.3 is 5.73 Å². The average molecular weight is 324 g/mol. The highest BCUT2D eigenvalue weighted by Crippen LogP contribution is 2.30. The van der Waals surface area contributed by atoms with Crippen molar-refractivity contribution in [1.82, 2.24) is 10.2 Å². The van der Waals surface area contributed by atoms with Gasteiger partial charge in [0.1, 0.15) is 0 Å². The van der Waals surface area contributed by atoms with Crippen molar-refractivity contribution in [1.29, 1.82) is 0 Å². The number of hydrogen-bond donors (Lipinski definition) is 2. The number of anilines is 2. The van der Waals surface area contributed by atoms with Crippen LogP contribution in [0.5, 0.6) is 0 Å². The number of sulfonamides is 1. The molecule has 1 aromatic heterocycles. The van der Waals surface area contributed by atoms with Crippen molar-refractivity contribution in [2.24, 2.45) is 0 Å². The van der Waals surface area contributed by atoms with Gasteiger partial charge in [-0.25, -0.2) is 0 Å². The van der Waals surface area contributed by atoms with Gasteiger partial charge in [-0.05, 0) is 24.3 Å². The summed E-state index contributed by atoms with van der Waals surface area (Å²) in [6.07, 6.45) is -4.48. The summed E-state index contributed by atoms with van der Waals surface area (Å²) >= 11 is 0.646. The van der Waals surface area contributed by atoms with Crippen LogP contribution in [-0.4, -0.2) is 18.6 Å². The molecule has 0 amide bonds. The molecule has 0 saturated heterocycles. The van der Waals surface area contributed by atoms with E-state index < -0.39 is 21.8 Å². The zero-order chi connectivity index (χ0) is 15.0. The lowest BCUT2D eigenvalue weighted by atomic mass is 10.2. The molecular weight excluding hydrogens is 317 g/mol. The monoisotopic (exact) mass is 324 g/mol. The van der Waals surface area contributed by atoms with Crippen molar-refractivity contribution in [3.8, 4) is 0 Å². The summed E-state index contributed by atoms with van der Waals surface area (Å²) in [5.41, 5.74) is 4.37. The molecular formula is C9H7F3N4O2S2. The topological polar surface area (TPSA) is 98.0 Å². The molecule has 11 heteroatoms. The molecule has 0 bridgehead atoms. The van der Waals surface area contributed by atoms with Gasteiger partial charge in [0.25, 0.3) is 14.4 Å². The number of nitrogen functional groups attached to an aromatic ring is 1. The molecule has 108 valence electrons. The lowest BCUT2D eigenvalue weighted by molar-refractivity contribution is -0.137. The third kappa shape index (κ3) is 3.17. The van der Waals surface area contributed by atoms with Crippen molar-refractivity contribution in [3.63, 3.8) is 0 Å². The molecule has 0 atom stereocenters. The minimum Gasteiger partial charge on any atom is -0.374 e. The van der Waals surface area contributed by atoms with Crippen LogP contribution in [0.25, 0.3) is 0 Å². The van der Waals surface area contributed by atoms with E-state index in [4.69, 9.17) is 5.73 Å². The van der Waals surface area contributed by atoms with E-state index in [0.717, 1.165) is 24.3 Å². The highest BCUT2D eigenvalue weighted by atomic mass is 32.2. The quantitative estimate of drug-likeness (QED) is 0.899. The second kappa shape index (κ2) is 4.90. The first kappa shape index (κ1) is 14.5. The lowest BCUT2D eigenvalue weighted by Gasteiger charge is -2.08. The van der Waals surface area contributed by atoms with E-state index in [9.17, 15) is 21.6 Å². The second-order valence-electron chi connectivity index (χ2n) is 3.59. The molecule has 6 nitrogen and oxygen atoms in total. The predicted octanol–water partition coefficient (Wildman–Crippen LogP) is 1.94. The van der Waals surface area contributed by atoms with Gasteiger partial charge in [-0.2, -0.15) is 21.6 Å². The number of nitrogens with two attached hydrogens (primary N) is 1. The Labute approximate surface area is 115 Å². The first-order valence-corrected chi connectivity index (χ1v) is 7.27. The maximum Gasteiger partial charge on any atom is 0.416 e. The Balaban J connectivity index is 2.22. The maximum atomic E-state index is 12.4. The van der Waals surface area contributed by atoms with Crippen molar-refractivity contribution < 1.29 is 21.6 Å². The molecule has 1 aromatic carbocycles. The van der Waals surface area contributed by atoms with E-state index in [0.29, 0.717) is 11.3 Å². The number of rotatable bonds is 3. The molecule has 0 radical (unpaired) electrons. The number of hydrogen-bond acceptors (Lipinski definition) is 6. The summed E-state index contributed by atoms with van der Waals surface area (Å²) in [5, 5.41) is 6.67. The SMILES string of the molecule is Nc1nnc(S(=O)(=O)Nc2ccc(C(F)(F)F)cc2)s1. The summed E-state index contributed by atoms with van der Waals surface area (Å²) in [6, 6.07) is 3.55. The average Bonchev–Trinajstić information content (AvgIpc) is 2.76. The van der Waals surface area contributed by atoms with Crippen molar-refractivity contribution in [3.05, 3.63) is 29.8 Å². The largest absolute Gasteiger partial charge is 0.416 e. The minimum absolute atomic E-state index is 0.0215. The van der Waals surface area contributed by atoms with Crippen LogP contribution in [0.4, 0.5) is 24.0 Å². The van der Waals surface area contributed by atoms with Gasteiger partial charge in [0.15, 0.2) is 0 Å². The maximum absolute atomic E-state index is 12.4. The van der Waals surface area contributed by atoms with Gasteiger partial charge in [-0.1, -0.05) is 11.3 Å². The smallest absolute Gasteiger partial charge is 0.374 e. The van der Waals surface area contributed by atoms with Crippen LogP contribution in [-0.2, 0) is 16.2 Å². The van der Waals surface area contributed by atoms with Crippen LogP contribution < -0.4 is 10.5 Å². The molecule has 20 heavy (non-hydrogen) atoms. The third-order valence-electron chi connectivity index (χ3n) is 2.12. The van der Waals surface area contributed by atoms with E-state index in [1.54, 1.807) is 0 Å².